The van der Waals surface area contributed by atoms with Crippen molar-refractivity contribution in [2.24, 2.45) is 5.92 Å². The second-order valence-corrected chi connectivity index (χ2v) is 10.0. The molecule has 9 nitrogen and oxygen atoms in total. The van der Waals surface area contributed by atoms with Crippen LogP contribution in [0.2, 0.25) is 0 Å². The Bertz CT molecular complexity index is 790. The van der Waals surface area contributed by atoms with Crippen LogP contribution in [0.3, 0.4) is 0 Å². The molecule has 29 heavy (non-hydrogen) atoms. The van der Waals surface area contributed by atoms with E-state index >= 15 is 0 Å². The highest BCUT2D eigenvalue weighted by molar-refractivity contribution is 7.89. The van der Waals surface area contributed by atoms with Gasteiger partial charge in [-0.1, -0.05) is 13.8 Å². The van der Waals surface area contributed by atoms with Crippen molar-refractivity contribution >= 4 is 21.4 Å². The number of anilines is 1. The maximum atomic E-state index is 12.4. The first-order valence-corrected chi connectivity index (χ1v) is 11.5. The van der Waals surface area contributed by atoms with Crippen LogP contribution in [0.1, 0.15) is 26.7 Å². The third kappa shape index (κ3) is 7.22. The van der Waals surface area contributed by atoms with Gasteiger partial charge >= 0.3 is 0 Å². The summed E-state index contributed by atoms with van der Waals surface area (Å²) in [7, 11) is -0.116. The van der Waals surface area contributed by atoms with E-state index in [4.69, 9.17) is 0 Å². The van der Waals surface area contributed by atoms with Crippen molar-refractivity contribution in [2.75, 3.05) is 52.1 Å². The predicted octanol–water partition coefficient (Wildman–Crippen LogP) is 1.97. The van der Waals surface area contributed by atoms with E-state index in [1.807, 2.05) is 19.0 Å². The summed E-state index contributed by atoms with van der Waals surface area (Å²) in [6, 6.07) is 4.19. The van der Waals surface area contributed by atoms with Gasteiger partial charge in [0.05, 0.1) is 9.82 Å². The number of sulfonamides is 1. The number of nitrogens with zero attached hydrogens (tertiary/aromatic N) is 3. The lowest BCUT2D eigenvalue weighted by molar-refractivity contribution is -0.384. The number of likely N-dealkylation sites (tertiary alicyclic amines) is 1. The van der Waals surface area contributed by atoms with Crippen LogP contribution in [0.15, 0.2) is 23.1 Å². The summed E-state index contributed by atoms with van der Waals surface area (Å²) in [4.78, 5) is 15.2. The molecule has 0 spiro atoms. The van der Waals surface area contributed by atoms with Gasteiger partial charge in [-0.05, 0) is 45.0 Å². The number of benzene rings is 1. The van der Waals surface area contributed by atoms with Crippen LogP contribution in [0.5, 0.6) is 0 Å². The Kier molecular flexibility index (Phi) is 8.38. The summed E-state index contributed by atoms with van der Waals surface area (Å²) < 4.78 is 27.3. The molecule has 164 valence electrons. The first-order valence-electron chi connectivity index (χ1n) is 10.00. The van der Waals surface area contributed by atoms with Gasteiger partial charge in [0.2, 0.25) is 10.0 Å². The van der Waals surface area contributed by atoms with Crippen molar-refractivity contribution in [3.05, 3.63) is 28.3 Å². The first kappa shape index (κ1) is 23.5. The normalized spacial score (nSPS) is 16.5. The molecule has 2 rings (SSSR count). The Morgan fingerprint density at radius 1 is 1.28 bits per heavy atom. The standard InChI is InChI=1S/C19H33N5O4S/c1-15(2)14-23-10-7-16(8-11-23)21-18-6-5-17(13-19(18)24(25)26)29(27,28)20-9-12-22(3)4/h5-6,13,15-16,20-21H,7-12,14H2,1-4H3. The zero-order valence-corrected chi connectivity index (χ0v) is 18.5. The molecule has 1 aromatic rings. The number of hydrogen-bond donors (Lipinski definition) is 2. The molecule has 0 amide bonds. The molecule has 1 saturated heterocycles. The minimum absolute atomic E-state index is 0.0970. The quantitative estimate of drug-likeness (QED) is 0.434. The molecule has 1 aliphatic heterocycles. The van der Waals surface area contributed by atoms with Crippen LogP contribution < -0.4 is 10.0 Å². The van der Waals surface area contributed by atoms with Crippen LogP contribution in [-0.2, 0) is 10.0 Å². The molecule has 0 unspecified atom stereocenters. The van der Waals surface area contributed by atoms with E-state index in [0.717, 1.165) is 38.5 Å². The number of rotatable bonds is 10. The molecule has 0 aliphatic carbocycles. The van der Waals surface area contributed by atoms with Gasteiger partial charge in [0, 0.05) is 44.8 Å². The highest BCUT2D eigenvalue weighted by Crippen LogP contribution is 2.29. The average Bonchev–Trinajstić information content (AvgIpc) is 2.62. The maximum Gasteiger partial charge on any atom is 0.293 e. The topological polar surface area (TPSA) is 108 Å². The van der Waals surface area contributed by atoms with Crippen molar-refractivity contribution in [2.45, 2.75) is 37.6 Å². The van der Waals surface area contributed by atoms with Gasteiger partial charge < -0.3 is 15.1 Å². The zero-order valence-electron chi connectivity index (χ0n) is 17.7. The SMILES string of the molecule is CC(C)CN1CCC(Nc2ccc(S(=O)(=O)NCCN(C)C)cc2[N+](=O)[O-])CC1. The zero-order chi connectivity index (χ0) is 21.6. The number of piperidine rings is 1. The van der Waals surface area contributed by atoms with Gasteiger partial charge in [0.15, 0.2) is 0 Å². The fourth-order valence-corrected chi connectivity index (χ4v) is 4.48. The van der Waals surface area contributed by atoms with Crippen molar-refractivity contribution in [1.29, 1.82) is 0 Å². The third-order valence-electron chi connectivity index (χ3n) is 4.90. The summed E-state index contributed by atoms with van der Waals surface area (Å²) in [5.41, 5.74) is 0.148. The van der Waals surface area contributed by atoms with E-state index in [0.29, 0.717) is 18.2 Å². The van der Waals surface area contributed by atoms with E-state index in [-0.39, 0.29) is 23.2 Å². The minimum Gasteiger partial charge on any atom is -0.377 e. The average molecular weight is 428 g/mol. The van der Waals surface area contributed by atoms with Crippen molar-refractivity contribution in [3.8, 4) is 0 Å². The molecule has 0 aromatic heterocycles. The van der Waals surface area contributed by atoms with Gasteiger partial charge in [-0.2, -0.15) is 0 Å². The molecular weight excluding hydrogens is 394 g/mol. The fourth-order valence-electron chi connectivity index (χ4n) is 3.43. The molecule has 1 heterocycles. The van der Waals surface area contributed by atoms with Gasteiger partial charge in [-0.25, -0.2) is 13.1 Å². The van der Waals surface area contributed by atoms with E-state index in [2.05, 4.69) is 28.8 Å². The summed E-state index contributed by atoms with van der Waals surface area (Å²) in [5.74, 6) is 0.612. The monoisotopic (exact) mass is 427 g/mol. The van der Waals surface area contributed by atoms with Gasteiger partial charge in [-0.15, -0.1) is 0 Å². The molecule has 0 bridgehead atoms. The Labute approximate surface area is 173 Å². The number of nitro benzene ring substituents is 1. The maximum absolute atomic E-state index is 12.4. The fraction of sp³-hybridized carbons (Fsp3) is 0.684. The second kappa shape index (κ2) is 10.3. The van der Waals surface area contributed by atoms with Crippen LogP contribution >= 0.6 is 0 Å². The molecule has 0 radical (unpaired) electrons. The number of likely N-dealkylation sites (N-methyl/N-ethyl adjacent to an activating group) is 1. The van der Waals surface area contributed by atoms with E-state index in [1.165, 1.54) is 12.1 Å². The molecule has 0 saturated carbocycles. The minimum atomic E-state index is -3.80. The van der Waals surface area contributed by atoms with Crippen molar-refractivity contribution in [1.82, 2.24) is 14.5 Å². The van der Waals surface area contributed by atoms with Crippen LogP contribution in [0.4, 0.5) is 11.4 Å². The molecule has 1 fully saturated rings. The van der Waals surface area contributed by atoms with Crippen molar-refractivity contribution < 1.29 is 13.3 Å². The lowest BCUT2D eigenvalue weighted by Crippen LogP contribution is -2.40. The molecule has 0 atom stereocenters. The Hall–Kier alpha value is -1.75. The molecule has 2 N–H and O–H groups in total. The molecular formula is C19H33N5O4S. The third-order valence-corrected chi connectivity index (χ3v) is 6.36. The molecule has 10 heteroatoms. The number of nitrogens with one attached hydrogen (secondary N) is 2. The van der Waals surface area contributed by atoms with Gasteiger partial charge in [-0.3, -0.25) is 10.1 Å². The Morgan fingerprint density at radius 2 is 1.93 bits per heavy atom. The van der Waals surface area contributed by atoms with Gasteiger partial charge in [0.1, 0.15) is 5.69 Å². The van der Waals surface area contributed by atoms with Crippen LogP contribution in [-0.4, -0.2) is 76.0 Å². The summed E-state index contributed by atoms with van der Waals surface area (Å²) in [6.07, 6.45) is 1.80. The highest BCUT2D eigenvalue weighted by atomic mass is 32.2. The summed E-state index contributed by atoms with van der Waals surface area (Å²) in [5, 5.41) is 14.8. The number of nitro groups is 1. The largest absolute Gasteiger partial charge is 0.377 e. The van der Waals surface area contributed by atoms with Crippen LogP contribution in [0.25, 0.3) is 0 Å². The molecule has 1 aromatic carbocycles. The van der Waals surface area contributed by atoms with E-state index < -0.39 is 14.9 Å². The first-order chi connectivity index (χ1) is 13.6. The smallest absolute Gasteiger partial charge is 0.293 e. The van der Waals surface area contributed by atoms with Crippen LogP contribution in [0, 0.1) is 16.0 Å². The van der Waals surface area contributed by atoms with E-state index in [9.17, 15) is 18.5 Å². The second-order valence-electron chi connectivity index (χ2n) is 8.25. The summed E-state index contributed by atoms with van der Waals surface area (Å²) in [6.45, 7) is 8.12. The predicted molar refractivity (Wildman–Crippen MR) is 115 cm³/mol. The highest BCUT2D eigenvalue weighted by Gasteiger charge is 2.25. The van der Waals surface area contributed by atoms with E-state index in [1.54, 1.807) is 0 Å². The van der Waals surface area contributed by atoms with Crippen molar-refractivity contribution in [3.63, 3.8) is 0 Å². The Balaban J connectivity index is 2.07. The molecule has 1 aliphatic rings. The lowest BCUT2D eigenvalue weighted by atomic mass is 10.0. The van der Waals surface area contributed by atoms with Gasteiger partial charge in [0.25, 0.3) is 5.69 Å². The lowest BCUT2D eigenvalue weighted by Gasteiger charge is -2.33. The summed E-state index contributed by atoms with van der Waals surface area (Å²) >= 11 is 0. The Morgan fingerprint density at radius 3 is 2.48 bits per heavy atom. The number of hydrogen-bond acceptors (Lipinski definition) is 7.